The van der Waals surface area contributed by atoms with E-state index in [1.807, 2.05) is 0 Å². The lowest BCUT2D eigenvalue weighted by Gasteiger charge is -2.60. The average Bonchev–Trinajstić information content (AvgIpc) is 2.75. The average molecular weight is 354 g/mol. The highest BCUT2D eigenvalue weighted by atomic mass is 15.2. The lowest BCUT2D eigenvalue weighted by atomic mass is 9.59. The minimum absolute atomic E-state index is 0.294. The monoisotopic (exact) mass is 353 g/mol. The van der Waals surface area contributed by atoms with Crippen molar-refractivity contribution in [2.75, 3.05) is 11.4 Å². The van der Waals surface area contributed by atoms with E-state index in [9.17, 15) is 0 Å². The van der Waals surface area contributed by atoms with Crippen molar-refractivity contribution < 1.29 is 0 Å². The maximum absolute atomic E-state index is 2.69. The molecule has 0 unspecified atom stereocenters. The number of rotatable bonds is 3. The van der Waals surface area contributed by atoms with E-state index in [-0.39, 0.29) is 0 Å². The Bertz CT molecular complexity index is 903. The number of para-hydroxylation sites is 1. The molecule has 2 heterocycles. The molecule has 0 spiro atoms. The molecule has 3 aromatic rings. The van der Waals surface area contributed by atoms with Crippen LogP contribution in [0.3, 0.4) is 0 Å². The Morgan fingerprint density at radius 2 is 1.19 bits per heavy atom. The van der Waals surface area contributed by atoms with Gasteiger partial charge in [0.15, 0.2) is 0 Å². The summed E-state index contributed by atoms with van der Waals surface area (Å²) < 4.78 is 0. The zero-order valence-corrected chi connectivity index (χ0v) is 16.1. The molecule has 0 amide bonds. The maximum atomic E-state index is 2.69. The van der Waals surface area contributed by atoms with Crippen LogP contribution in [0.15, 0.2) is 84.9 Å². The molecule has 1 heteroatoms. The van der Waals surface area contributed by atoms with Gasteiger partial charge in [-0.25, -0.2) is 0 Å². The van der Waals surface area contributed by atoms with E-state index in [4.69, 9.17) is 0 Å². The van der Waals surface area contributed by atoms with Gasteiger partial charge >= 0.3 is 0 Å². The summed E-state index contributed by atoms with van der Waals surface area (Å²) >= 11 is 0. The van der Waals surface area contributed by atoms with Gasteiger partial charge in [0, 0.05) is 23.2 Å². The first-order valence-electron chi connectivity index (χ1n) is 10.2. The lowest BCUT2D eigenvalue weighted by molar-refractivity contribution is 0.140. The summed E-state index contributed by atoms with van der Waals surface area (Å²) in [6.45, 7) is 3.60. The standard InChI is InChI=1S/C26H27N/c1-25-16-18-26(19-17-25,20-27(25)24-10-6-3-7-11-24)23-14-12-22(13-15-23)21-8-4-2-5-9-21/h2-15H,16-20H2,1H3. The van der Waals surface area contributed by atoms with E-state index in [1.165, 1.54) is 48.1 Å². The SMILES string of the molecule is CC12CCC(c3ccc(-c4ccccc4)cc3)(CC1)CN2c1ccccc1. The topological polar surface area (TPSA) is 3.24 Å². The minimum atomic E-state index is 0.294. The summed E-state index contributed by atoms with van der Waals surface area (Å²) in [5.74, 6) is 0. The largest absolute Gasteiger partial charge is 0.365 e. The number of hydrogen-bond donors (Lipinski definition) is 0. The molecule has 136 valence electrons. The second kappa shape index (κ2) is 6.27. The van der Waals surface area contributed by atoms with E-state index in [0.717, 1.165) is 6.54 Å². The molecule has 1 saturated carbocycles. The van der Waals surface area contributed by atoms with Crippen molar-refractivity contribution in [2.45, 2.75) is 43.6 Å². The van der Waals surface area contributed by atoms with Crippen LogP contribution in [0.1, 0.15) is 38.2 Å². The summed E-state index contributed by atoms with van der Waals surface area (Å²) in [5.41, 5.74) is 6.12. The zero-order chi connectivity index (χ0) is 18.3. The van der Waals surface area contributed by atoms with Gasteiger partial charge in [0.05, 0.1) is 0 Å². The van der Waals surface area contributed by atoms with Gasteiger partial charge in [-0.15, -0.1) is 0 Å². The Morgan fingerprint density at radius 3 is 1.81 bits per heavy atom. The second-order valence-electron chi connectivity index (χ2n) is 8.64. The molecule has 3 fully saturated rings. The third-order valence-corrected chi connectivity index (χ3v) is 7.07. The fraction of sp³-hybridized carbons (Fsp3) is 0.308. The smallest absolute Gasteiger partial charge is 0.0375 e. The van der Waals surface area contributed by atoms with E-state index in [1.54, 1.807) is 0 Å². The quantitative estimate of drug-likeness (QED) is 0.523. The minimum Gasteiger partial charge on any atom is -0.365 e. The molecule has 3 aliphatic rings. The van der Waals surface area contributed by atoms with Crippen LogP contribution in [-0.2, 0) is 5.41 Å². The van der Waals surface area contributed by atoms with Gasteiger partial charge in [0.2, 0.25) is 0 Å². The number of benzene rings is 3. The highest BCUT2D eigenvalue weighted by Crippen LogP contribution is 2.52. The van der Waals surface area contributed by atoms with E-state index in [2.05, 4.69) is 96.8 Å². The summed E-state index contributed by atoms with van der Waals surface area (Å²) in [5, 5.41) is 0. The van der Waals surface area contributed by atoms with Gasteiger partial charge in [-0.1, -0.05) is 72.8 Å². The molecule has 3 aromatic carbocycles. The third kappa shape index (κ3) is 2.77. The predicted octanol–water partition coefficient (Wildman–Crippen LogP) is 6.44. The Hall–Kier alpha value is -2.54. The molecule has 2 aliphatic heterocycles. The van der Waals surface area contributed by atoms with Gasteiger partial charge in [-0.3, -0.25) is 0 Å². The first-order chi connectivity index (χ1) is 13.2. The molecule has 1 nitrogen and oxygen atoms in total. The molecule has 2 saturated heterocycles. The van der Waals surface area contributed by atoms with Gasteiger partial charge in [-0.05, 0) is 61.4 Å². The maximum Gasteiger partial charge on any atom is 0.0375 e. The van der Waals surface area contributed by atoms with Crippen LogP contribution in [0.25, 0.3) is 11.1 Å². The summed E-state index contributed by atoms with van der Waals surface area (Å²) in [6, 6.07) is 31.1. The lowest BCUT2D eigenvalue weighted by Crippen LogP contribution is -2.62. The number of hydrogen-bond acceptors (Lipinski definition) is 1. The van der Waals surface area contributed by atoms with Gasteiger partial charge in [0.1, 0.15) is 0 Å². The fourth-order valence-electron chi connectivity index (χ4n) is 5.23. The van der Waals surface area contributed by atoms with E-state index >= 15 is 0 Å². The molecule has 1 aliphatic carbocycles. The number of fused-ring (bicyclic) bond motifs is 3. The fourth-order valence-corrected chi connectivity index (χ4v) is 5.23. The Kier molecular flexibility index (Phi) is 3.86. The highest BCUT2D eigenvalue weighted by Gasteiger charge is 2.51. The molecule has 0 radical (unpaired) electrons. The van der Waals surface area contributed by atoms with Crippen molar-refractivity contribution >= 4 is 5.69 Å². The van der Waals surface area contributed by atoms with Crippen LogP contribution in [0, 0.1) is 0 Å². The Labute approximate surface area is 162 Å². The van der Waals surface area contributed by atoms with Crippen molar-refractivity contribution in [3.05, 3.63) is 90.5 Å². The van der Waals surface area contributed by atoms with Crippen molar-refractivity contribution in [3.63, 3.8) is 0 Å². The molecule has 27 heavy (non-hydrogen) atoms. The predicted molar refractivity (Wildman–Crippen MR) is 114 cm³/mol. The summed E-state index contributed by atoms with van der Waals surface area (Å²) in [7, 11) is 0. The first kappa shape index (κ1) is 16.6. The van der Waals surface area contributed by atoms with Gasteiger partial charge < -0.3 is 4.90 Å². The molecule has 0 N–H and O–H groups in total. The number of nitrogens with zero attached hydrogens (tertiary/aromatic N) is 1. The van der Waals surface area contributed by atoms with Crippen LogP contribution in [0.4, 0.5) is 5.69 Å². The molecule has 0 aromatic heterocycles. The van der Waals surface area contributed by atoms with Gasteiger partial charge in [0.25, 0.3) is 0 Å². The van der Waals surface area contributed by atoms with Crippen LogP contribution in [0.5, 0.6) is 0 Å². The van der Waals surface area contributed by atoms with E-state index < -0.39 is 0 Å². The Balaban J connectivity index is 1.48. The summed E-state index contributed by atoms with van der Waals surface area (Å²) in [6.07, 6.45) is 5.17. The number of anilines is 1. The van der Waals surface area contributed by atoms with Crippen LogP contribution >= 0.6 is 0 Å². The highest BCUT2D eigenvalue weighted by molar-refractivity contribution is 5.64. The van der Waals surface area contributed by atoms with Gasteiger partial charge in [-0.2, -0.15) is 0 Å². The third-order valence-electron chi connectivity index (χ3n) is 7.07. The van der Waals surface area contributed by atoms with Crippen molar-refractivity contribution in [2.24, 2.45) is 0 Å². The summed E-state index contributed by atoms with van der Waals surface area (Å²) in [4.78, 5) is 2.69. The van der Waals surface area contributed by atoms with Crippen LogP contribution in [0.2, 0.25) is 0 Å². The van der Waals surface area contributed by atoms with Crippen LogP contribution in [-0.4, -0.2) is 12.1 Å². The van der Waals surface area contributed by atoms with Crippen molar-refractivity contribution in [3.8, 4) is 11.1 Å². The molecular formula is C26H27N. The zero-order valence-electron chi connectivity index (χ0n) is 16.1. The molecule has 0 atom stereocenters. The first-order valence-corrected chi connectivity index (χ1v) is 10.2. The van der Waals surface area contributed by atoms with Crippen molar-refractivity contribution in [1.29, 1.82) is 0 Å². The van der Waals surface area contributed by atoms with E-state index in [0.29, 0.717) is 11.0 Å². The molecular weight excluding hydrogens is 326 g/mol. The Morgan fingerprint density at radius 1 is 0.630 bits per heavy atom. The van der Waals surface area contributed by atoms with Crippen LogP contribution < -0.4 is 4.90 Å². The molecule has 2 bridgehead atoms. The second-order valence-corrected chi connectivity index (χ2v) is 8.64. The normalized spacial score (nSPS) is 26.9. The molecule has 6 rings (SSSR count). The number of piperidine rings is 2. The van der Waals surface area contributed by atoms with Crippen molar-refractivity contribution in [1.82, 2.24) is 0 Å².